The first-order valence-corrected chi connectivity index (χ1v) is 12.2. The molecule has 3 N–H and O–H groups in total. The van der Waals surface area contributed by atoms with Crippen molar-refractivity contribution in [2.75, 3.05) is 5.43 Å². The van der Waals surface area contributed by atoms with Crippen molar-refractivity contribution in [3.63, 3.8) is 0 Å². The molecule has 0 aliphatic rings. The number of hydrogen-bond donors (Lipinski definition) is 3. The van der Waals surface area contributed by atoms with E-state index in [1.807, 2.05) is 0 Å². The molecule has 9 nitrogen and oxygen atoms in total. The highest BCUT2D eigenvalue weighted by atomic mass is 79.9. The van der Waals surface area contributed by atoms with Gasteiger partial charge in [0, 0.05) is 23.6 Å². The van der Waals surface area contributed by atoms with Crippen LogP contribution in [0.3, 0.4) is 0 Å². The van der Waals surface area contributed by atoms with Crippen molar-refractivity contribution in [3.8, 4) is 5.75 Å². The van der Waals surface area contributed by atoms with Crippen LogP contribution in [0.4, 0.5) is 5.95 Å². The maximum absolute atomic E-state index is 12.6. The van der Waals surface area contributed by atoms with Gasteiger partial charge in [-0.3, -0.25) is 14.3 Å². The summed E-state index contributed by atoms with van der Waals surface area (Å²) in [6, 6.07) is 5.03. The van der Waals surface area contributed by atoms with E-state index in [0.717, 1.165) is 23.7 Å². The second-order valence-corrected chi connectivity index (χ2v) is 9.04. The van der Waals surface area contributed by atoms with Gasteiger partial charge in [-0.25, -0.2) is 10.2 Å². The quantitative estimate of drug-likeness (QED) is 0.185. The van der Waals surface area contributed by atoms with Gasteiger partial charge in [-0.2, -0.15) is 10.1 Å². The van der Waals surface area contributed by atoms with Crippen LogP contribution in [-0.2, 0) is 13.6 Å². The fourth-order valence-corrected chi connectivity index (χ4v) is 4.11. The number of halogens is 1. The van der Waals surface area contributed by atoms with Gasteiger partial charge in [0.15, 0.2) is 11.2 Å². The zero-order valence-electron chi connectivity index (χ0n) is 19.1. The number of phenolic OH excluding ortho intramolecular Hbond substituents is 1. The first-order valence-electron chi connectivity index (χ1n) is 11.4. The second-order valence-electron chi connectivity index (χ2n) is 8.13. The summed E-state index contributed by atoms with van der Waals surface area (Å²) in [4.78, 5) is 31.4. The Bertz CT molecular complexity index is 1230. The summed E-state index contributed by atoms with van der Waals surface area (Å²) in [5.74, 6) is 0.459. The van der Waals surface area contributed by atoms with Crippen molar-refractivity contribution in [2.24, 2.45) is 12.1 Å². The van der Waals surface area contributed by atoms with Gasteiger partial charge in [-0.1, -0.05) is 67.8 Å². The number of nitrogens with zero attached hydrogens (tertiary/aromatic N) is 4. The summed E-state index contributed by atoms with van der Waals surface area (Å²) in [6.45, 7) is 2.79. The molecular formula is C23H31BrN6O3. The van der Waals surface area contributed by atoms with E-state index in [0.29, 0.717) is 29.2 Å². The van der Waals surface area contributed by atoms with Crippen molar-refractivity contribution < 1.29 is 5.11 Å². The van der Waals surface area contributed by atoms with Crippen LogP contribution in [0, 0.1) is 0 Å². The summed E-state index contributed by atoms with van der Waals surface area (Å²) in [7, 11) is 1.57. The summed E-state index contributed by atoms with van der Waals surface area (Å²) < 4.78 is 3.89. The number of phenols is 1. The number of unbranched alkanes of at least 4 members (excludes halogenated alkanes) is 7. The van der Waals surface area contributed by atoms with Gasteiger partial charge in [0.25, 0.3) is 5.56 Å². The number of aromatic nitrogens is 4. The van der Waals surface area contributed by atoms with Crippen LogP contribution in [-0.4, -0.2) is 30.4 Å². The lowest BCUT2D eigenvalue weighted by Gasteiger charge is -2.08. The summed E-state index contributed by atoms with van der Waals surface area (Å²) >= 11 is 3.37. The first-order chi connectivity index (χ1) is 15.9. The standard InChI is InChI=1S/C23H31BrN6O3/c1-3-4-5-6-7-8-9-10-13-30-19-20(29(2)23(33)27-21(19)32)26-22(30)28-25-15-16-14-17(24)11-12-18(16)31/h11-12,14-15,31H,3-10,13H2,1-2H3,(H,26,28)(H,27,32,33)/b25-15+. The molecule has 0 radical (unpaired) electrons. The molecule has 3 rings (SSSR count). The number of benzene rings is 1. The van der Waals surface area contributed by atoms with Crippen LogP contribution in [0.25, 0.3) is 11.2 Å². The largest absolute Gasteiger partial charge is 0.507 e. The molecule has 0 spiro atoms. The highest BCUT2D eigenvalue weighted by Crippen LogP contribution is 2.21. The second kappa shape index (κ2) is 11.8. The molecule has 0 fully saturated rings. The zero-order valence-corrected chi connectivity index (χ0v) is 20.7. The van der Waals surface area contributed by atoms with Gasteiger partial charge in [0.05, 0.1) is 6.21 Å². The highest BCUT2D eigenvalue weighted by molar-refractivity contribution is 9.10. The monoisotopic (exact) mass is 518 g/mol. The van der Waals surface area contributed by atoms with E-state index in [1.54, 1.807) is 29.8 Å². The molecule has 2 heterocycles. The third kappa shape index (κ3) is 6.34. The molecule has 0 atom stereocenters. The average Bonchev–Trinajstić information content (AvgIpc) is 3.15. The predicted molar refractivity (Wildman–Crippen MR) is 135 cm³/mol. The Morgan fingerprint density at radius 3 is 2.58 bits per heavy atom. The molecule has 0 aliphatic carbocycles. The van der Waals surface area contributed by atoms with E-state index in [1.165, 1.54) is 42.9 Å². The summed E-state index contributed by atoms with van der Waals surface area (Å²) in [6.07, 6.45) is 10.8. The highest BCUT2D eigenvalue weighted by Gasteiger charge is 2.17. The Morgan fingerprint density at radius 2 is 1.85 bits per heavy atom. The zero-order chi connectivity index (χ0) is 23.8. The van der Waals surface area contributed by atoms with Crippen molar-refractivity contribution in [1.82, 2.24) is 19.1 Å². The van der Waals surface area contributed by atoms with Gasteiger partial charge in [0.2, 0.25) is 5.95 Å². The van der Waals surface area contributed by atoms with Gasteiger partial charge in [-0.15, -0.1) is 0 Å². The molecular weight excluding hydrogens is 488 g/mol. The van der Waals surface area contributed by atoms with E-state index < -0.39 is 11.2 Å². The van der Waals surface area contributed by atoms with Crippen molar-refractivity contribution in [3.05, 3.63) is 49.1 Å². The number of aryl methyl sites for hydroxylation is 2. The Kier molecular flexibility index (Phi) is 8.87. The molecule has 2 aromatic heterocycles. The van der Waals surface area contributed by atoms with Crippen LogP contribution < -0.4 is 16.7 Å². The number of aromatic amines is 1. The number of rotatable bonds is 12. The van der Waals surface area contributed by atoms with Crippen LogP contribution >= 0.6 is 15.9 Å². The topological polar surface area (TPSA) is 117 Å². The smallest absolute Gasteiger partial charge is 0.329 e. The Morgan fingerprint density at radius 1 is 1.15 bits per heavy atom. The third-order valence-corrected chi connectivity index (χ3v) is 6.09. The number of hydrogen-bond acceptors (Lipinski definition) is 6. The van der Waals surface area contributed by atoms with Crippen LogP contribution in [0.15, 0.2) is 37.4 Å². The molecule has 0 saturated carbocycles. The molecule has 178 valence electrons. The minimum absolute atomic E-state index is 0.0926. The molecule has 0 amide bonds. The first kappa shape index (κ1) is 24.8. The average molecular weight is 519 g/mol. The molecule has 33 heavy (non-hydrogen) atoms. The summed E-state index contributed by atoms with van der Waals surface area (Å²) in [5.41, 5.74) is 3.04. The van der Waals surface area contributed by atoms with Crippen LogP contribution in [0.2, 0.25) is 0 Å². The maximum atomic E-state index is 12.6. The number of fused-ring (bicyclic) bond motifs is 1. The number of imidazole rings is 1. The molecule has 0 saturated heterocycles. The molecule has 1 aromatic carbocycles. The molecule has 0 bridgehead atoms. The van der Waals surface area contributed by atoms with E-state index in [2.05, 4.69) is 43.3 Å². The number of H-pyrrole nitrogens is 1. The third-order valence-electron chi connectivity index (χ3n) is 5.60. The number of anilines is 1. The Labute approximate surface area is 200 Å². The predicted octanol–water partition coefficient (Wildman–Crippen LogP) is 4.48. The maximum Gasteiger partial charge on any atom is 0.329 e. The van der Waals surface area contributed by atoms with Gasteiger partial charge in [0.1, 0.15) is 5.75 Å². The van der Waals surface area contributed by atoms with E-state index in [9.17, 15) is 14.7 Å². The molecule has 3 aromatic rings. The van der Waals surface area contributed by atoms with Gasteiger partial charge < -0.3 is 9.67 Å². The Hall–Kier alpha value is -2.88. The van der Waals surface area contributed by atoms with Crippen molar-refractivity contribution in [1.29, 1.82) is 0 Å². The van der Waals surface area contributed by atoms with Gasteiger partial charge in [-0.05, 0) is 24.6 Å². The summed E-state index contributed by atoms with van der Waals surface area (Å²) in [5, 5.41) is 14.2. The van der Waals surface area contributed by atoms with Crippen LogP contribution in [0.5, 0.6) is 5.75 Å². The Balaban J connectivity index is 1.78. The fraction of sp³-hybridized carbons (Fsp3) is 0.478. The van der Waals surface area contributed by atoms with E-state index >= 15 is 0 Å². The lowest BCUT2D eigenvalue weighted by molar-refractivity contribution is 0.474. The van der Waals surface area contributed by atoms with E-state index in [-0.39, 0.29) is 5.75 Å². The van der Waals surface area contributed by atoms with Crippen molar-refractivity contribution >= 4 is 39.3 Å². The minimum Gasteiger partial charge on any atom is -0.507 e. The van der Waals surface area contributed by atoms with Crippen LogP contribution in [0.1, 0.15) is 63.9 Å². The number of hydrazone groups is 1. The minimum atomic E-state index is -0.515. The molecule has 0 aliphatic heterocycles. The molecule has 0 unspecified atom stereocenters. The normalized spacial score (nSPS) is 11.6. The molecule has 10 heteroatoms. The van der Waals surface area contributed by atoms with Crippen molar-refractivity contribution in [2.45, 2.75) is 64.8 Å². The fourth-order valence-electron chi connectivity index (χ4n) is 3.73. The number of nitrogens with one attached hydrogen (secondary N) is 2. The SMILES string of the molecule is CCCCCCCCCCn1c(N/N=C/c2cc(Br)ccc2O)nc2c1c(=O)[nH]c(=O)n2C. The lowest BCUT2D eigenvalue weighted by atomic mass is 10.1. The van der Waals surface area contributed by atoms with E-state index in [4.69, 9.17) is 0 Å². The van der Waals surface area contributed by atoms with Gasteiger partial charge >= 0.3 is 5.69 Å². The number of aromatic hydroxyl groups is 1. The lowest BCUT2D eigenvalue weighted by Crippen LogP contribution is -2.29.